The molecule has 2 aromatic rings. The summed E-state index contributed by atoms with van der Waals surface area (Å²) in [6.07, 6.45) is 1.13. The van der Waals surface area contributed by atoms with Crippen molar-refractivity contribution < 1.29 is 0 Å². The minimum atomic E-state index is 0.515. The number of likely N-dealkylation sites (tertiary alicyclic amines) is 1. The quantitative estimate of drug-likeness (QED) is 0.345. The van der Waals surface area contributed by atoms with Gasteiger partial charge in [-0.1, -0.05) is 36.4 Å². The van der Waals surface area contributed by atoms with Crippen molar-refractivity contribution in [3.63, 3.8) is 0 Å². The van der Waals surface area contributed by atoms with Gasteiger partial charge in [0.1, 0.15) is 0 Å². The van der Waals surface area contributed by atoms with Gasteiger partial charge in [0.15, 0.2) is 5.11 Å². The number of likely N-dealkylation sites (N-methyl/N-ethyl adjacent to an activating group) is 1. The first-order valence-electron chi connectivity index (χ1n) is 10.6. The van der Waals surface area contributed by atoms with Crippen LogP contribution >= 0.6 is 35.1 Å². The molecule has 0 aliphatic carbocycles. The summed E-state index contributed by atoms with van der Waals surface area (Å²) in [4.78, 5) is 7.18. The molecule has 0 saturated carbocycles. The topological polar surface area (TPSA) is 33.8 Å². The lowest BCUT2D eigenvalue weighted by Gasteiger charge is -2.32. The van der Waals surface area contributed by atoms with Crippen LogP contribution in [0.5, 0.6) is 0 Å². The normalized spacial score (nSPS) is 20.5. The lowest BCUT2D eigenvalue weighted by Crippen LogP contribution is -2.43. The average Bonchev–Trinajstić information content (AvgIpc) is 3.26. The number of halogens is 1. The Morgan fingerprint density at radius 3 is 2.50 bits per heavy atom. The Hall–Kier alpha value is -1.26. The van der Waals surface area contributed by atoms with Gasteiger partial charge in [0.25, 0.3) is 0 Å². The minimum Gasteiger partial charge on any atom is -0.347 e. The molecular weight excluding hydrogens is 505 g/mol. The number of anilines is 1. The number of piperazine rings is 1. The summed E-state index contributed by atoms with van der Waals surface area (Å²) in [5, 5.41) is 4.23. The van der Waals surface area contributed by atoms with E-state index in [0.29, 0.717) is 6.04 Å². The molecule has 0 amide bonds. The summed E-state index contributed by atoms with van der Waals surface area (Å²) in [6, 6.07) is 18.0. The van der Waals surface area contributed by atoms with Gasteiger partial charge in [-0.05, 0) is 54.5 Å². The van der Waals surface area contributed by atoms with Crippen molar-refractivity contribution >= 4 is 45.9 Å². The Balaban J connectivity index is 1.37. The molecule has 4 rings (SSSR count). The van der Waals surface area contributed by atoms with Crippen LogP contribution < -0.4 is 8.85 Å². The van der Waals surface area contributed by atoms with E-state index in [2.05, 4.69) is 102 Å². The number of thiocarbonyl (C=S) groups is 1. The molecule has 0 radical (unpaired) electrons. The molecule has 2 aliphatic rings. The van der Waals surface area contributed by atoms with Crippen LogP contribution in [0.4, 0.5) is 5.69 Å². The molecule has 0 bridgehead atoms. The average molecular weight is 535 g/mol. The van der Waals surface area contributed by atoms with Crippen molar-refractivity contribution in [2.45, 2.75) is 19.0 Å². The fourth-order valence-corrected chi connectivity index (χ4v) is 4.87. The monoisotopic (exact) mass is 535 g/mol. The Morgan fingerprint density at radius 2 is 1.80 bits per heavy atom. The number of hydrogen-bond donors (Lipinski definition) is 2. The highest BCUT2D eigenvalue weighted by atomic mass is 127. The lowest BCUT2D eigenvalue weighted by molar-refractivity contribution is 0.148. The van der Waals surface area contributed by atoms with Crippen molar-refractivity contribution in [1.29, 1.82) is 0 Å². The molecule has 0 aromatic heterocycles. The first kappa shape index (κ1) is 22.0. The molecule has 2 N–H and O–H groups in total. The van der Waals surface area contributed by atoms with Crippen LogP contribution in [0.25, 0.3) is 11.1 Å². The van der Waals surface area contributed by atoms with E-state index in [0.717, 1.165) is 63.0 Å². The van der Waals surface area contributed by atoms with E-state index in [1.54, 1.807) is 0 Å². The number of nitrogens with one attached hydrogen (secondary N) is 2. The van der Waals surface area contributed by atoms with Gasteiger partial charge in [-0.15, -0.1) is 0 Å². The first-order valence-corrected chi connectivity index (χ1v) is 12.1. The third-order valence-corrected chi connectivity index (χ3v) is 7.27. The van der Waals surface area contributed by atoms with Crippen LogP contribution in [0.3, 0.4) is 0 Å². The molecule has 0 unspecified atom stereocenters. The van der Waals surface area contributed by atoms with E-state index in [-0.39, 0.29) is 0 Å². The van der Waals surface area contributed by atoms with E-state index < -0.39 is 0 Å². The highest BCUT2D eigenvalue weighted by Crippen LogP contribution is 2.24. The standard InChI is InChI=1S/C23H30IN5S/c1-27-11-13-28(14-12-27)16-18-5-7-19(8-6-18)20-3-2-4-21(15-20)25-23(30)29-10-9-22(17-29)26-24/h2-8,15,22,26H,9-14,16-17H2,1H3,(H,25,30)/t22-/m1/s1. The number of hydrogen-bond acceptors (Lipinski definition) is 4. The molecule has 30 heavy (non-hydrogen) atoms. The summed E-state index contributed by atoms with van der Waals surface area (Å²) < 4.78 is 3.31. The highest BCUT2D eigenvalue weighted by Gasteiger charge is 2.23. The van der Waals surface area contributed by atoms with Gasteiger partial charge in [-0.2, -0.15) is 0 Å². The SMILES string of the molecule is CN1CCN(Cc2ccc(-c3cccc(NC(=S)N4CC[C@@H](NI)C4)c3)cc2)CC1. The number of nitrogens with zero attached hydrogens (tertiary/aromatic N) is 3. The molecule has 7 heteroatoms. The summed E-state index contributed by atoms with van der Waals surface area (Å²) in [7, 11) is 2.20. The van der Waals surface area contributed by atoms with Crippen molar-refractivity contribution in [1.82, 2.24) is 18.2 Å². The smallest absolute Gasteiger partial charge is 0.173 e. The summed E-state index contributed by atoms with van der Waals surface area (Å²) in [5.41, 5.74) is 4.88. The van der Waals surface area contributed by atoms with Gasteiger partial charge in [0.05, 0.1) is 0 Å². The highest BCUT2D eigenvalue weighted by molar-refractivity contribution is 14.1. The third kappa shape index (κ3) is 5.70. The fourth-order valence-electron chi connectivity index (χ4n) is 4.08. The molecule has 2 aromatic carbocycles. The molecule has 5 nitrogen and oxygen atoms in total. The number of benzene rings is 2. The largest absolute Gasteiger partial charge is 0.347 e. The first-order chi connectivity index (χ1) is 14.6. The predicted molar refractivity (Wildman–Crippen MR) is 138 cm³/mol. The molecule has 2 aliphatic heterocycles. The lowest BCUT2D eigenvalue weighted by atomic mass is 10.0. The zero-order valence-corrected chi connectivity index (χ0v) is 20.5. The molecular formula is C23H30IN5S. The van der Waals surface area contributed by atoms with Crippen LogP contribution in [0, 0.1) is 0 Å². The number of rotatable bonds is 5. The summed E-state index contributed by atoms with van der Waals surface area (Å²) in [5.74, 6) is 0. The maximum atomic E-state index is 5.64. The summed E-state index contributed by atoms with van der Waals surface area (Å²) in [6.45, 7) is 7.62. The summed E-state index contributed by atoms with van der Waals surface area (Å²) >= 11 is 7.87. The van der Waals surface area contributed by atoms with Gasteiger partial charge in [-0.3, -0.25) is 8.43 Å². The maximum Gasteiger partial charge on any atom is 0.173 e. The second-order valence-electron chi connectivity index (χ2n) is 8.33. The van der Waals surface area contributed by atoms with Crippen LogP contribution in [-0.2, 0) is 6.54 Å². The molecule has 160 valence electrons. The zero-order valence-electron chi connectivity index (χ0n) is 17.5. The fraction of sp³-hybridized carbons (Fsp3) is 0.435. The maximum absolute atomic E-state index is 5.64. The van der Waals surface area contributed by atoms with E-state index in [1.165, 1.54) is 16.7 Å². The second kappa shape index (κ2) is 10.4. The van der Waals surface area contributed by atoms with E-state index >= 15 is 0 Å². The van der Waals surface area contributed by atoms with Gasteiger partial charge in [-0.25, -0.2) is 0 Å². The van der Waals surface area contributed by atoms with Crippen LogP contribution in [0.15, 0.2) is 48.5 Å². The molecule has 0 spiro atoms. The van der Waals surface area contributed by atoms with E-state index in [4.69, 9.17) is 12.2 Å². The Bertz CT molecular complexity index is 851. The van der Waals surface area contributed by atoms with Crippen molar-refractivity contribution in [2.75, 3.05) is 51.6 Å². The van der Waals surface area contributed by atoms with E-state index in [9.17, 15) is 0 Å². The van der Waals surface area contributed by atoms with Crippen LogP contribution in [-0.4, -0.2) is 72.2 Å². The Kier molecular flexibility index (Phi) is 7.59. The van der Waals surface area contributed by atoms with Gasteiger partial charge >= 0.3 is 0 Å². The zero-order chi connectivity index (χ0) is 20.9. The molecule has 1 atom stereocenters. The van der Waals surface area contributed by atoms with Gasteiger partial charge in [0.2, 0.25) is 0 Å². The Morgan fingerprint density at radius 1 is 1.03 bits per heavy atom. The minimum absolute atomic E-state index is 0.515. The van der Waals surface area contributed by atoms with Crippen molar-refractivity contribution in [2.24, 2.45) is 0 Å². The second-order valence-corrected chi connectivity index (χ2v) is 9.34. The molecule has 2 fully saturated rings. The van der Waals surface area contributed by atoms with E-state index in [1.807, 2.05) is 0 Å². The van der Waals surface area contributed by atoms with Crippen LogP contribution in [0.1, 0.15) is 12.0 Å². The molecule has 2 heterocycles. The molecule has 2 saturated heterocycles. The van der Waals surface area contributed by atoms with Crippen molar-refractivity contribution in [3.8, 4) is 11.1 Å². The Labute approximate surface area is 199 Å². The van der Waals surface area contributed by atoms with Crippen molar-refractivity contribution in [3.05, 3.63) is 54.1 Å². The predicted octanol–water partition coefficient (Wildman–Crippen LogP) is 3.81. The van der Waals surface area contributed by atoms with Gasteiger partial charge in [0, 0.05) is 80.4 Å². The van der Waals surface area contributed by atoms with Crippen LogP contribution in [0.2, 0.25) is 0 Å². The van der Waals surface area contributed by atoms with Gasteiger partial charge < -0.3 is 15.1 Å². The third-order valence-electron chi connectivity index (χ3n) is 6.03.